The highest BCUT2D eigenvalue weighted by Gasteiger charge is 2.25. The number of rotatable bonds is 5. The Labute approximate surface area is 183 Å². The van der Waals surface area contributed by atoms with Crippen molar-refractivity contribution >= 4 is 21.6 Å². The van der Waals surface area contributed by atoms with Crippen LogP contribution in [-0.4, -0.2) is 42.5 Å². The topological polar surface area (TPSA) is 105 Å². The van der Waals surface area contributed by atoms with E-state index in [1.165, 1.54) is 6.07 Å². The Hall–Kier alpha value is -3.34. The van der Waals surface area contributed by atoms with E-state index in [9.17, 15) is 22.0 Å². The monoisotopic (exact) mass is 462 g/mol. The van der Waals surface area contributed by atoms with Crippen LogP contribution in [0.5, 0.6) is 0 Å². The smallest absolute Gasteiger partial charge is 0.316 e. The molecule has 168 valence electrons. The van der Waals surface area contributed by atoms with Crippen molar-refractivity contribution in [3.63, 3.8) is 0 Å². The lowest BCUT2D eigenvalue weighted by Crippen LogP contribution is -2.35. The van der Waals surface area contributed by atoms with Crippen LogP contribution in [0, 0.1) is 18.6 Å². The molecule has 11 heteroatoms. The van der Waals surface area contributed by atoms with Crippen molar-refractivity contribution in [2.24, 2.45) is 0 Å². The number of piperidine rings is 1. The van der Waals surface area contributed by atoms with Crippen LogP contribution in [0.3, 0.4) is 0 Å². The number of aromatic nitrogens is 2. The summed E-state index contributed by atoms with van der Waals surface area (Å²) in [5.74, 6) is -2.71. The molecule has 1 aliphatic heterocycles. The van der Waals surface area contributed by atoms with Crippen LogP contribution in [-0.2, 0) is 10.0 Å². The van der Waals surface area contributed by atoms with Crippen molar-refractivity contribution in [1.29, 1.82) is 0 Å². The van der Waals surface area contributed by atoms with Gasteiger partial charge < -0.3 is 9.42 Å². The average Bonchev–Trinajstić information content (AvgIpc) is 3.26. The maximum atomic E-state index is 13.5. The lowest BCUT2D eigenvalue weighted by molar-refractivity contribution is 0.0674. The summed E-state index contributed by atoms with van der Waals surface area (Å²) in [4.78, 5) is 18.2. The second-order valence-electron chi connectivity index (χ2n) is 7.49. The van der Waals surface area contributed by atoms with E-state index in [0.717, 1.165) is 37.5 Å². The summed E-state index contributed by atoms with van der Waals surface area (Å²) in [6.45, 7) is 2.84. The van der Waals surface area contributed by atoms with Gasteiger partial charge in [-0.15, -0.1) is 0 Å². The minimum atomic E-state index is -4.13. The summed E-state index contributed by atoms with van der Waals surface area (Å²) < 4.78 is 59.7. The fourth-order valence-electron chi connectivity index (χ4n) is 3.46. The number of halogens is 2. The van der Waals surface area contributed by atoms with Crippen LogP contribution in [0.1, 0.15) is 35.5 Å². The molecule has 1 fully saturated rings. The Morgan fingerprint density at radius 2 is 1.81 bits per heavy atom. The van der Waals surface area contributed by atoms with Crippen molar-refractivity contribution in [3.8, 4) is 11.4 Å². The molecule has 1 aromatic heterocycles. The van der Waals surface area contributed by atoms with E-state index in [-0.39, 0.29) is 28.2 Å². The molecule has 0 atom stereocenters. The van der Waals surface area contributed by atoms with Crippen molar-refractivity contribution < 1.29 is 26.5 Å². The van der Waals surface area contributed by atoms with E-state index >= 15 is 0 Å². The van der Waals surface area contributed by atoms with Crippen molar-refractivity contribution in [3.05, 3.63) is 59.5 Å². The number of hydrogen-bond donors (Lipinski definition) is 1. The van der Waals surface area contributed by atoms with Gasteiger partial charge in [0.05, 0.1) is 10.6 Å². The van der Waals surface area contributed by atoms with E-state index in [1.807, 2.05) is 0 Å². The summed E-state index contributed by atoms with van der Waals surface area (Å²) >= 11 is 0. The van der Waals surface area contributed by atoms with Gasteiger partial charge in [0.15, 0.2) is 11.6 Å². The minimum Gasteiger partial charge on any atom is -0.334 e. The number of nitrogens with zero attached hydrogens (tertiary/aromatic N) is 3. The third kappa shape index (κ3) is 4.47. The lowest BCUT2D eigenvalue weighted by atomic mass is 10.1. The first kappa shape index (κ1) is 21.9. The van der Waals surface area contributed by atoms with Crippen LogP contribution in [0.25, 0.3) is 11.4 Å². The fourth-order valence-corrected chi connectivity index (χ4v) is 4.78. The molecular weight excluding hydrogens is 442 g/mol. The standard InChI is InChI=1S/C21H20F2N4O4S/c1-13-5-6-14(19-24-20(31-25-19)21(28)27-9-3-2-4-10-27)11-18(13)32(29,30)26-15-7-8-16(22)17(23)12-15/h5-8,11-12,26H,2-4,9-10H2,1H3. The summed E-state index contributed by atoms with van der Waals surface area (Å²) in [6.07, 6.45) is 2.89. The average molecular weight is 462 g/mol. The molecule has 2 heterocycles. The maximum Gasteiger partial charge on any atom is 0.316 e. The number of benzene rings is 2. The first-order chi connectivity index (χ1) is 15.2. The van der Waals surface area contributed by atoms with Gasteiger partial charge in [-0.1, -0.05) is 17.3 Å². The van der Waals surface area contributed by atoms with E-state index in [0.29, 0.717) is 24.2 Å². The van der Waals surface area contributed by atoms with Gasteiger partial charge in [-0.05, 0) is 49.9 Å². The SMILES string of the molecule is Cc1ccc(-c2noc(C(=O)N3CCCCC3)n2)cc1S(=O)(=O)Nc1ccc(F)c(F)c1. The number of sulfonamides is 1. The van der Waals surface area contributed by atoms with Gasteiger partial charge in [-0.3, -0.25) is 9.52 Å². The predicted octanol–water partition coefficient (Wildman–Crippen LogP) is 3.75. The van der Waals surface area contributed by atoms with Crippen LogP contribution in [0.2, 0.25) is 0 Å². The Bertz CT molecular complexity index is 1270. The quantitative estimate of drug-likeness (QED) is 0.619. The number of anilines is 1. The molecule has 0 saturated carbocycles. The molecule has 0 spiro atoms. The predicted molar refractivity (Wildman–Crippen MR) is 111 cm³/mol. The maximum absolute atomic E-state index is 13.5. The second kappa shape index (κ2) is 8.65. The van der Waals surface area contributed by atoms with Gasteiger partial charge in [0.1, 0.15) is 0 Å². The van der Waals surface area contributed by atoms with Gasteiger partial charge in [0.25, 0.3) is 10.0 Å². The zero-order chi connectivity index (χ0) is 22.9. The molecule has 0 radical (unpaired) electrons. The molecule has 0 aliphatic carbocycles. The molecule has 1 saturated heterocycles. The number of likely N-dealkylation sites (tertiary alicyclic amines) is 1. The third-order valence-corrected chi connectivity index (χ3v) is 6.68. The van der Waals surface area contributed by atoms with Crippen LogP contribution in [0.4, 0.5) is 14.5 Å². The summed E-state index contributed by atoms with van der Waals surface area (Å²) in [6, 6.07) is 7.19. The second-order valence-corrected chi connectivity index (χ2v) is 9.14. The Morgan fingerprint density at radius 1 is 1.06 bits per heavy atom. The van der Waals surface area contributed by atoms with E-state index in [4.69, 9.17) is 4.52 Å². The summed E-state index contributed by atoms with van der Waals surface area (Å²) in [7, 11) is -4.13. The van der Waals surface area contributed by atoms with Gasteiger partial charge in [0.2, 0.25) is 5.82 Å². The van der Waals surface area contributed by atoms with Crippen molar-refractivity contribution in [1.82, 2.24) is 15.0 Å². The normalized spacial score (nSPS) is 14.4. The molecule has 8 nitrogen and oxygen atoms in total. The molecule has 1 aliphatic rings. The zero-order valence-electron chi connectivity index (χ0n) is 17.1. The number of carbonyl (C=O) groups excluding carboxylic acids is 1. The first-order valence-corrected chi connectivity index (χ1v) is 11.4. The number of aryl methyl sites for hydroxylation is 1. The largest absolute Gasteiger partial charge is 0.334 e. The van der Waals surface area contributed by atoms with Crippen molar-refractivity contribution in [2.45, 2.75) is 31.1 Å². The lowest BCUT2D eigenvalue weighted by Gasteiger charge is -2.24. The fraction of sp³-hybridized carbons (Fsp3) is 0.286. The van der Waals surface area contributed by atoms with Gasteiger partial charge >= 0.3 is 11.8 Å². The summed E-state index contributed by atoms with van der Waals surface area (Å²) in [5.41, 5.74) is 0.613. The van der Waals surface area contributed by atoms with Gasteiger partial charge in [-0.2, -0.15) is 4.98 Å². The molecule has 2 aromatic carbocycles. The van der Waals surface area contributed by atoms with Crippen LogP contribution < -0.4 is 4.72 Å². The molecule has 4 rings (SSSR count). The van der Waals surface area contributed by atoms with E-state index in [1.54, 1.807) is 24.0 Å². The summed E-state index contributed by atoms with van der Waals surface area (Å²) in [5, 5.41) is 3.82. The van der Waals surface area contributed by atoms with Gasteiger partial charge in [0, 0.05) is 24.7 Å². The number of carbonyl (C=O) groups is 1. The zero-order valence-corrected chi connectivity index (χ0v) is 18.0. The first-order valence-electron chi connectivity index (χ1n) is 9.96. The number of amides is 1. The number of nitrogens with one attached hydrogen (secondary N) is 1. The Kier molecular flexibility index (Phi) is 5.92. The van der Waals surface area contributed by atoms with Crippen LogP contribution >= 0.6 is 0 Å². The van der Waals surface area contributed by atoms with E-state index < -0.39 is 21.7 Å². The molecule has 0 bridgehead atoms. The van der Waals surface area contributed by atoms with Gasteiger partial charge in [-0.25, -0.2) is 17.2 Å². The highest BCUT2D eigenvalue weighted by atomic mass is 32.2. The molecule has 1 N–H and O–H groups in total. The van der Waals surface area contributed by atoms with E-state index in [2.05, 4.69) is 14.9 Å². The minimum absolute atomic E-state index is 0.0645. The number of hydrogen-bond acceptors (Lipinski definition) is 6. The molecule has 32 heavy (non-hydrogen) atoms. The molecule has 3 aromatic rings. The molecular formula is C21H20F2N4O4S. The Morgan fingerprint density at radius 3 is 2.53 bits per heavy atom. The van der Waals surface area contributed by atoms with Crippen molar-refractivity contribution in [2.75, 3.05) is 17.8 Å². The highest BCUT2D eigenvalue weighted by molar-refractivity contribution is 7.92. The highest BCUT2D eigenvalue weighted by Crippen LogP contribution is 2.26. The van der Waals surface area contributed by atoms with Crippen LogP contribution in [0.15, 0.2) is 45.8 Å². The molecule has 1 amide bonds. The third-order valence-electron chi connectivity index (χ3n) is 5.16. The Balaban J connectivity index is 1.60. The molecule has 0 unspecified atom stereocenters.